The SMILES string of the molecule is CN=C(NCc1ccccc1Cn1cccn1)NCC(C)N1CCc2sccc2C1. The molecule has 4 rings (SSSR count). The largest absolute Gasteiger partial charge is 0.355 e. The molecule has 1 aliphatic rings. The number of benzene rings is 1. The minimum Gasteiger partial charge on any atom is -0.355 e. The highest BCUT2D eigenvalue weighted by atomic mass is 32.1. The van der Waals surface area contributed by atoms with Crippen molar-refractivity contribution < 1.29 is 0 Å². The van der Waals surface area contributed by atoms with Gasteiger partial charge in [0.15, 0.2) is 5.96 Å². The van der Waals surface area contributed by atoms with Gasteiger partial charge in [0, 0.05) is 56.5 Å². The molecule has 1 atom stereocenters. The third-order valence-corrected chi connectivity index (χ3v) is 6.73. The first-order valence-electron chi connectivity index (χ1n) is 10.5. The molecule has 0 amide bonds. The monoisotopic (exact) mass is 422 g/mol. The fraction of sp³-hybridized carbons (Fsp3) is 0.391. The van der Waals surface area contributed by atoms with E-state index in [4.69, 9.17) is 0 Å². The van der Waals surface area contributed by atoms with Crippen LogP contribution in [0.3, 0.4) is 0 Å². The predicted molar refractivity (Wildman–Crippen MR) is 124 cm³/mol. The van der Waals surface area contributed by atoms with Crippen LogP contribution in [0.25, 0.3) is 0 Å². The van der Waals surface area contributed by atoms with Crippen LogP contribution in [0.4, 0.5) is 0 Å². The maximum absolute atomic E-state index is 4.41. The average molecular weight is 423 g/mol. The molecule has 0 radical (unpaired) electrons. The fourth-order valence-electron chi connectivity index (χ4n) is 3.87. The highest BCUT2D eigenvalue weighted by molar-refractivity contribution is 7.10. The minimum atomic E-state index is 0.448. The zero-order chi connectivity index (χ0) is 20.8. The zero-order valence-electron chi connectivity index (χ0n) is 17.7. The van der Waals surface area contributed by atoms with E-state index < -0.39 is 0 Å². The van der Waals surface area contributed by atoms with Gasteiger partial charge in [-0.15, -0.1) is 11.3 Å². The van der Waals surface area contributed by atoms with Crippen molar-refractivity contribution in [3.05, 3.63) is 75.7 Å². The van der Waals surface area contributed by atoms with Crippen LogP contribution in [0.2, 0.25) is 0 Å². The molecule has 1 unspecified atom stereocenters. The maximum Gasteiger partial charge on any atom is 0.191 e. The van der Waals surface area contributed by atoms with Crippen molar-refractivity contribution in [3.63, 3.8) is 0 Å². The number of rotatable bonds is 7. The summed E-state index contributed by atoms with van der Waals surface area (Å²) in [5, 5.41) is 13.5. The third kappa shape index (κ3) is 5.09. The topological polar surface area (TPSA) is 57.5 Å². The number of guanidine groups is 1. The molecule has 3 aromatic rings. The Kier molecular flexibility index (Phi) is 6.81. The van der Waals surface area contributed by atoms with Crippen molar-refractivity contribution in [2.75, 3.05) is 20.1 Å². The smallest absolute Gasteiger partial charge is 0.191 e. The van der Waals surface area contributed by atoms with Crippen molar-refractivity contribution in [2.45, 2.75) is 39.0 Å². The van der Waals surface area contributed by atoms with Gasteiger partial charge in [0.1, 0.15) is 0 Å². The Balaban J connectivity index is 1.28. The number of thiophene rings is 1. The van der Waals surface area contributed by atoms with Crippen LogP contribution in [0.5, 0.6) is 0 Å². The van der Waals surface area contributed by atoms with Gasteiger partial charge in [0.05, 0.1) is 6.54 Å². The minimum absolute atomic E-state index is 0.448. The number of nitrogens with zero attached hydrogens (tertiary/aromatic N) is 4. The Hall–Kier alpha value is -2.64. The number of nitrogens with one attached hydrogen (secondary N) is 2. The molecule has 0 fully saturated rings. The van der Waals surface area contributed by atoms with Gasteiger partial charge in [-0.25, -0.2) is 0 Å². The summed E-state index contributed by atoms with van der Waals surface area (Å²) in [6.07, 6.45) is 4.97. The molecule has 1 aliphatic heterocycles. The Morgan fingerprint density at radius 2 is 2.07 bits per heavy atom. The van der Waals surface area contributed by atoms with Crippen molar-refractivity contribution in [3.8, 4) is 0 Å². The van der Waals surface area contributed by atoms with E-state index in [2.05, 4.69) is 68.3 Å². The van der Waals surface area contributed by atoms with Crippen LogP contribution in [-0.2, 0) is 26.1 Å². The standard InChI is InChI=1S/C23H30N6S/c1-18(28-12-8-22-21(16-28)9-13-30-22)14-25-23(24-2)26-15-19-6-3-4-7-20(19)17-29-11-5-10-27-29/h3-7,9-11,13,18H,8,12,14-17H2,1-2H3,(H2,24,25,26). The third-order valence-electron chi connectivity index (χ3n) is 5.71. The van der Waals surface area contributed by atoms with E-state index in [1.165, 1.54) is 16.7 Å². The number of hydrogen-bond donors (Lipinski definition) is 2. The molecule has 1 aromatic carbocycles. The summed E-state index contributed by atoms with van der Waals surface area (Å²) in [5.41, 5.74) is 4.01. The molecule has 0 spiro atoms. The second kappa shape index (κ2) is 9.91. The van der Waals surface area contributed by atoms with E-state index in [0.29, 0.717) is 6.04 Å². The molecule has 0 aliphatic carbocycles. The molecule has 2 N–H and O–H groups in total. The second-order valence-electron chi connectivity index (χ2n) is 7.72. The van der Waals surface area contributed by atoms with E-state index >= 15 is 0 Å². The van der Waals surface area contributed by atoms with Gasteiger partial charge < -0.3 is 10.6 Å². The van der Waals surface area contributed by atoms with Gasteiger partial charge in [0.2, 0.25) is 0 Å². The molecule has 30 heavy (non-hydrogen) atoms. The van der Waals surface area contributed by atoms with Gasteiger partial charge in [0.25, 0.3) is 0 Å². The Labute approximate surface area is 182 Å². The number of aliphatic imine (C=N–C) groups is 1. The van der Waals surface area contributed by atoms with Crippen LogP contribution in [0.15, 0.2) is 59.2 Å². The van der Waals surface area contributed by atoms with Crippen molar-refractivity contribution in [2.24, 2.45) is 4.99 Å². The quantitative estimate of drug-likeness (QED) is 0.454. The summed E-state index contributed by atoms with van der Waals surface area (Å²) >= 11 is 1.89. The molecule has 6 nitrogen and oxygen atoms in total. The van der Waals surface area contributed by atoms with Gasteiger partial charge in [-0.1, -0.05) is 24.3 Å². The summed E-state index contributed by atoms with van der Waals surface area (Å²) < 4.78 is 1.95. The van der Waals surface area contributed by atoms with Crippen molar-refractivity contribution >= 4 is 17.3 Å². The maximum atomic E-state index is 4.41. The molecule has 2 aromatic heterocycles. The highest BCUT2D eigenvalue weighted by Gasteiger charge is 2.21. The number of fused-ring (bicyclic) bond motifs is 1. The first-order valence-corrected chi connectivity index (χ1v) is 11.4. The van der Waals surface area contributed by atoms with Crippen LogP contribution in [0.1, 0.15) is 28.5 Å². The van der Waals surface area contributed by atoms with Crippen LogP contribution < -0.4 is 10.6 Å². The van der Waals surface area contributed by atoms with Gasteiger partial charge in [-0.2, -0.15) is 5.10 Å². The Bertz CT molecular complexity index is 962. The van der Waals surface area contributed by atoms with E-state index in [-0.39, 0.29) is 0 Å². The lowest BCUT2D eigenvalue weighted by atomic mass is 10.1. The lowest BCUT2D eigenvalue weighted by Gasteiger charge is -2.32. The first kappa shape index (κ1) is 20.6. The molecule has 158 valence electrons. The first-order chi connectivity index (χ1) is 14.7. The van der Waals surface area contributed by atoms with E-state index in [1.54, 1.807) is 4.88 Å². The summed E-state index contributed by atoms with van der Waals surface area (Å²) in [7, 11) is 1.83. The van der Waals surface area contributed by atoms with Gasteiger partial charge in [-0.05, 0) is 47.5 Å². The van der Waals surface area contributed by atoms with Gasteiger partial charge >= 0.3 is 0 Å². The van der Waals surface area contributed by atoms with E-state index in [0.717, 1.165) is 45.1 Å². The van der Waals surface area contributed by atoms with E-state index in [1.807, 2.05) is 41.5 Å². The number of aromatic nitrogens is 2. The lowest BCUT2D eigenvalue weighted by molar-refractivity contribution is 0.192. The Morgan fingerprint density at radius 1 is 1.20 bits per heavy atom. The van der Waals surface area contributed by atoms with E-state index in [9.17, 15) is 0 Å². The second-order valence-corrected chi connectivity index (χ2v) is 8.72. The molecular formula is C23H30N6S. The van der Waals surface area contributed by atoms with Crippen molar-refractivity contribution in [1.82, 2.24) is 25.3 Å². The Morgan fingerprint density at radius 3 is 2.87 bits per heavy atom. The van der Waals surface area contributed by atoms with Crippen LogP contribution >= 0.6 is 11.3 Å². The fourth-order valence-corrected chi connectivity index (χ4v) is 4.76. The summed E-state index contributed by atoms with van der Waals surface area (Å²) in [6.45, 7) is 6.84. The average Bonchev–Trinajstić information content (AvgIpc) is 3.46. The summed E-state index contributed by atoms with van der Waals surface area (Å²) in [4.78, 5) is 8.52. The number of hydrogen-bond acceptors (Lipinski definition) is 4. The normalized spacial score (nSPS) is 15.6. The van der Waals surface area contributed by atoms with Crippen molar-refractivity contribution in [1.29, 1.82) is 0 Å². The molecule has 3 heterocycles. The molecular weight excluding hydrogens is 392 g/mol. The predicted octanol–water partition coefficient (Wildman–Crippen LogP) is 3.10. The van der Waals surface area contributed by atoms with Crippen LogP contribution in [-0.4, -0.2) is 46.8 Å². The van der Waals surface area contributed by atoms with Gasteiger partial charge in [-0.3, -0.25) is 14.6 Å². The molecule has 0 saturated heterocycles. The molecule has 0 bridgehead atoms. The van der Waals surface area contributed by atoms with Crippen LogP contribution in [0, 0.1) is 0 Å². The molecule has 0 saturated carbocycles. The molecule has 7 heteroatoms. The summed E-state index contributed by atoms with van der Waals surface area (Å²) in [5.74, 6) is 0.837. The zero-order valence-corrected chi connectivity index (χ0v) is 18.5. The summed E-state index contributed by atoms with van der Waals surface area (Å²) in [6, 6.07) is 13.2. The highest BCUT2D eigenvalue weighted by Crippen LogP contribution is 2.24. The lowest BCUT2D eigenvalue weighted by Crippen LogP contribution is -2.47.